The Hall–Kier alpha value is -1.59. The van der Waals surface area contributed by atoms with Crippen LogP contribution in [0.3, 0.4) is 0 Å². The molecule has 5 heteroatoms. The third kappa shape index (κ3) is 4.87. The van der Waals surface area contributed by atoms with Gasteiger partial charge < -0.3 is 10.2 Å². The molecule has 0 spiro atoms. The average Bonchev–Trinajstić information content (AvgIpc) is 3.47. The fraction of sp³-hybridized carbons (Fsp3) is 0.696. The molecular formula is C23H37N5. The van der Waals surface area contributed by atoms with E-state index in [-0.39, 0.29) is 0 Å². The number of benzene rings is 1. The van der Waals surface area contributed by atoms with Gasteiger partial charge in [0.25, 0.3) is 0 Å². The van der Waals surface area contributed by atoms with E-state index in [9.17, 15) is 0 Å². The predicted molar refractivity (Wildman–Crippen MR) is 117 cm³/mol. The minimum atomic E-state index is 0.575. The number of nitrogens with zero attached hydrogens (tertiary/aromatic N) is 4. The van der Waals surface area contributed by atoms with E-state index in [0.29, 0.717) is 6.04 Å². The molecule has 0 aliphatic carbocycles. The highest BCUT2D eigenvalue weighted by Gasteiger charge is 2.31. The first-order chi connectivity index (χ1) is 13.8. The molecule has 3 saturated heterocycles. The van der Waals surface area contributed by atoms with Gasteiger partial charge in [0.2, 0.25) is 0 Å². The lowest BCUT2D eigenvalue weighted by Crippen LogP contribution is -2.43. The third-order valence-corrected chi connectivity index (χ3v) is 6.63. The molecule has 2 unspecified atom stereocenters. The van der Waals surface area contributed by atoms with E-state index < -0.39 is 0 Å². The van der Waals surface area contributed by atoms with Gasteiger partial charge in [0.15, 0.2) is 5.96 Å². The molecule has 154 valence electrons. The normalized spacial score (nSPS) is 27.0. The first-order valence-electron chi connectivity index (χ1n) is 11.4. The van der Waals surface area contributed by atoms with E-state index in [2.05, 4.69) is 57.3 Å². The lowest BCUT2D eigenvalue weighted by atomic mass is 10.2. The monoisotopic (exact) mass is 383 g/mol. The lowest BCUT2D eigenvalue weighted by molar-refractivity contribution is 0.246. The van der Waals surface area contributed by atoms with Crippen LogP contribution in [0.15, 0.2) is 35.3 Å². The summed E-state index contributed by atoms with van der Waals surface area (Å²) in [6, 6.07) is 12.2. The van der Waals surface area contributed by atoms with Gasteiger partial charge in [0, 0.05) is 38.3 Å². The summed E-state index contributed by atoms with van der Waals surface area (Å²) in [7, 11) is 0. The smallest absolute Gasteiger partial charge is 0.194 e. The van der Waals surface area contributed by atoms with E-state index in [1.54, 1.807) is 0 Å². The van der Waals surface area contributed by atoms with Gasteiger partial charge in [-0.15, -0.1) is 0 Å². The number of aliphatic imine (C=N–C) groups is 1. The van der Waals surface area contributed by atoms with Gasteiger partial charge in [0.1, 0.15) is 0 Å². The molecule has 0 aromatic heterocycles. The average molecular weight is 384 g/mol. The Balaban J connectivity index is 1.35. The topological polar surface area (TPSA) is 34.1 Å². The largest absolute Gasteiger partial charge is 0.357 e. The Morgan fingerprint density at radius 2 is 1.86 bits per heavy atom. The Morgan fingerprint density at radius 3 is 2.64 bits per heavy atom. The van der Waals surface area contributed by atoms with Crippen molar-refractivity contribution < 1.29 is 0 Å². The van der Waals surface area contributed by atoms with Gasteiger partial charge in [0.05, 0.1) is 6.54 Å². The van der Waals surface area contributed by atoms with Crippen LogP contribution in [0.5, 0.6) is 0 Å². The van der Waals surface area contributed by atoms with Crippen LogP contribution in [0.1, 0.15) is 44.6 Å². The summed E-state index contributed by atoms with van der Waals surface area (Å²) in [6.07, 6.45) is 6.61. The van der Waals surface area contributed by atoms with Crippen LogP contribution >= 0.6 is 0 Å². The van der Waals surface area contributed by atoms with E-state index in [4.69, 9.17) is 4.99 Å². The van der Waals surface area contributed by atoms with Gasteiger partial charge in [-0.05, 0) is 64.2 Å². The van der Waals surface area contributed by atoms with Crippen molar-refractivity contribution in [2.45, 2.75) is 57.7 Å². The van der Waals surface area contributed by atoms with Crippen molar-refractivity contribution in [1.29, 1.82) is 0 Å². The SMILES string of the molecule is CCNC(=NCC1CCCN1Cc1ccccc1)N1CCC(N2CCCC2)C1. The summed E-state index contributed by atoms with van der Waals surface area (Å²) in [5.41, 5.74) is 1.42. The molecule has 1 aromatic rings. The first-order valence-corrected chi connectivity index (χ1v) is 11.4. The number of guanidine groups is 1. The van der Waals surface area contributed by atoms with Crippen molar-refractivity contribution in [1.82, 2.24) is 20.0 Å². The molecule has 0 saturated carbocycles. The van der Waals surface area contributed by atoms with Crippen molar-refractivity contribution in [3.05, 3.63) is 35.9 Å². The maximum atomic E-state index is 5.10. The maximum Gasteiger partial charge on any atom is 0.194 e. The number of hydrogen-bond acceptors (Lipinski definition) is 3. The van der Waals surface area contributed by atoms with Gasteiger partial charge in [-0.3, -0.25) is 14.8 Å². The molecule has 3 fully saturated rings. The Labute approximate surface area is 170 Å². The van der Waals surface area contributed by atoms with Crippen LogP contribution in [-0.2, 0) is 6.54 Å². The van der Waals surface area contributed by atoms with Crippen molar-refractivity contribution >= 4 is 5.96 Å². The zero-order valence-corrected chi connectivity index (χ0v) is 17.5. The second-order valence-corrected chi connectivity index (χ2v) is 8.58. The van der Waals surface area contributed by atoms with Gasteiger partial charge in [-0.25, -0.2) is 0 Å². The van der Waals surface area contributed by atoms with E-state index in [0.717, 1.165) is 44.7 Å². The fourth-order valence-corrected chi connectivity index (χ4v) is 5.08. The molecule has 3 aliphatic rings. The number of hydrogen-bond donors (Lipinski definition) is 1. The fourth-order valence-electron chi connectivity index (χ4n) is 5.08. The number of likely N-dealkylation sites (tertiary alicyclic amines) is 3. The van der Waals surface area contributed by atoms with E-state index in [1.807, 2.05) is 0 Å². The molecule has 1 N–H and O–H groups in total. The second-order valence-electron chi connectivity index (χ2n) is 8.58. The van der Waals surface area contributed by atoms with Crippen LogP contribution in [-0.4, -0.2) is 78.6 Å². The zero-order valence-electron chi connectivity index (χ0n) is 17.5. The van der Waals surface area contributed by atoms with Crippen LogP contribution in [0.4, 0.5) is 0 Å². The summed E-state index contributed by atoms with van der Waals surface area (Å²) >= 11 is 0. The first kappa shape index (κ1) is 19.7. The third-order valence-electron chi connectivity index (χ3n) is 6.63. The number of rotatable bonds is 6. The molecule has 4 rings (SSSR count). The standard InChI is InChI=1S/C23H37N5/c1-2-24-23(28-16-12-22(19-28)26-13-6-7-14-26)25-17-21-11-8-15-27(21)18-20-9-4-3-5-10-20/h3-5,9-10,21-22H,2,6-8,11-19H2,1H3,(H,24,25). The van der Waals surface area contributed by atoms with Crippen molar-refractivity contribution in [2.75, 3.05) is 45.8 Å². The molecule has 0 amide bonds. The number of nitrogens with one attached hydrogen (secondary N) is 1. The highest BCUT2D eigenvalue weighted by atomic mass is 15.3. The molecule has 28 heavy (non-hydrogen) atoms. The Bertz CT molecular complexity index is 625. The quantitative estimate of drug-likeness (QED) is 0.605. The van der Waals surface area contributed by atoms with Crippen molar-refractivity contribution in [2.24, 2.45) is 4.99 Å². The van der Waals surface area contributed by atoms with Crippen LogP contribution in [0.25, 0.3) is 0 Å². The summed E-state index contributed by atoms with van der Waals surface area (Å²) in [6.45, 7) is 11.2. The second kappa shape index (κ2) is 9.75. The van der Waals surface area contributed by atoms with Crippen LogP contribution in [0, 0.1) is 0 Å². The summed E-state index contributed by atoms with van der Waals surface area (Å²) in [5.74, 6) is 1.13. The van der Waals surface area contributed by atoms with Gasteiger partial charge >= 0.3 is 0 Å². The Morgan fingerprint density at radius 1 is 1.04 bits per heavy atom. The summed E-state index contributed by atoms with van der Waals surface area (Å²) < 4.78 is 0. The molecule has 0 bridgehead atoms. The Kier molecular flexibility index (Phi) is 6.86. The highest BCUT2D eigenvalue weighted by molar-refractivity contribution is 5.80. The molecule has 1 aromatic carbocycles. The van der Waals surface area contributed by atoms with E-state index >= 15 is 0 Å². The zero-order chi connectivity index (χ0) is 19.2. The molecule has 3 heterocycles. The van der Waals surface area contributed by atoms with E-state index in [1.165, 1.54) is 57.3 Å². The molecule has 5 nitrogen and oxygen atoms in total. The van der Waals surface area contributed by atoms with Gasteiger partial charge in [-0.1, -0.05) is 30.3 Å². The van der Waals surface area contributed by atoms with Crippen molar-refractivity contribution in [3.63, 3.8) is 0 Å². The highest BCUT2D eigenvalue weighted by Crippen LogP contribution is 2.22. The minimum Gasteiger partial charge on any atom is -0.357 e. The molecule has 0 radical (unpaired) electrons. The summed E-state index contributed by atoms with van der Waals surface area (Å²) in [5, 5.41) is 3.56. The van der Waals surface area contributed by atoms with Crippen LogP contribution < -0.4 is 5.32 Å². The molecular weight excluding hydrogens is 346 g/mol. The maximum absolute atomic E-state index is 5.10. The van der Waals surface area contributed by atoms with Gasteiger partial charge in [-0.2, -0.15) is 0 Å². The predicted octanol–water partition coefficient (Wildman–Crippen LogP) is 2.79. The minimum absolute atomic E-state index is 0.575. The molecule has 2 atom stereocenters. The molecule has 3 aliphatic heterocycles. The lowest BCUT2D eigenvalue weighted by Gasteiger charge is -2.27. The van der Waals surface area contributed by atoms with Crippen LogP contribution in [0.2, 0.25) is 0 Å². The van der Waals surface area contributed by atoms with Crippen molar-refractivity contribution in [3.8, 4) is 0 Å². The summed E-state index contributed by atoms with van der Waals surface area (Å²) in [4.78, 5) is 12.9.